The molecule has 0 aliphatic carbocycles. The molecule has 1 aromatic carbocycles. The van der Waals surface area contributed by atoms with Crippen molar-refractivity contribution in [2.45, 2.75) is 6.04 Å². The first-order chi connectivity index (χ1) is 12.0. The van der Waals surface area contributed by atoms with Crippen LogP contribution in [0.3, 0.4) is 0 Å². The van der Waals surface area contributed by atoms with E-state index in [1.165, 1.54) is 23.7 Å². The van der Waals surface area contributed by atoms with E-state index in [4.69, 9.17) is 4.74 Å². The third kappa shape index (κ3) is 3.08. The van der Waals surface area contributed by atoms with Gasteiger partial charge in [-0.05, 0) is 17.1 Å². The van der Waals surface area contributed by atoms with Crippen molar-refractivity contribution in [1.29, 1.82) is 0 Å². The van der Waals surface area contributed by atoms with Gasteiger partial charge in [0.05, 0.1) is 20.2 Å². The molecule has 0 saturated carbocycles. The summed E-state index contributed by atoms with van der Waals surface area (Å²) in [5, 5.41) is 14.3. The number of piperazine rings is 1. The summed E-state index contributed by atoms with van der Waals surface area (Å²) in [5.74, 6) is 0.382. The molecule has 3 rings (SSSR count). The van der Waals surface area contributed by atoms with Crippen LogP contribution in [0.15, 0.2) is 36.4 Å². The molecular weight excluding hydrogens is 324 g/mol. The fourth-order valence-electron chi connectivity index (χ4n) is 3.21. The van der Waals surface area contributed by atoms with Crippen LogP contribution in [0, 0.1) is 10.1 Å². The van der Waals surface area contributed by atoms with Crippen LogP contribution in [-0.4, -0.2) is 47.0 Å². The molecule has 132 valence electrons. The first-order valence-electron chi connectivity index (χ1n) is 7.99. The summed E-state index contributed by atoms with van der Waals surface area (Å²) in [5.41, 5.74) is 1.21. The number of hydrogen-bond donors (Lipinski definition) is 1. The predicted molar refractivity (Wildman–Crippen MR) is 91.7 cm³/mol. The molecule has 25 heavy (non-hydrogen) atoms. The van der Waals surface area contributed by atoms with Crippen LogP contribution in [0.1, 0.15) is 22.1 Å². The average Bonchev–Trinajstić information content (AvgIpc) is 3.02. The number of methoxy groups -OCH3 is 1. The van der Waals surface area contributed by atoms with E-state index in [0.29, 0.717) is 31.1 Å². The van der Waals surface area contributed by atoms with Crippen LogP contribution >= 0.6 is 0 Å². The fourth-order valence-corrected chi connectivity index (χ4v) is 3.21. The maximum Gasteiger partial charge on any atom is 0.323 e. The van der Waals surface area contributed by atoms with E-state index in [1.54, 1.807) is 12.0 Å². The number of para-hydroxylation sites is 1. The van der Waals surface area contributed by atoms with Gasteiger partial charge in [0.2, 0.25) is 0 Å². The Kier molecular flexibility index (Phi) is 4.71. The molecule has 8 heteroatoms. The van der Waals surface area contributed by atoms with Gasteiger partial charge < -0.3 is 25.1 Å². The summed E-state index contributed by atoms with van der Waals surface area (Å²) < 4.78 is 6.75. The number of nitrogens with one attached hydrogen (secondary N) is 1. The van der Waals surface area contributed by atoms with Crippen molar-refractivity contribution in [3.8, 4) is 5.75 Å². The Morgan fingerprint density at radius 1 is 1.32 bits per heavy atom. The van der Waals surface area contributed by atoms with Crippen LogP contribution < -0.4 is 10.1 Å². The van der Waals surface area contributed by atoms with Gasteiger partial charge >= 0.3 is 5.82 Å². The number of benzene rings is 1. The molecular formula is C17H20N4O4. The molecule has 1 unspecified atom stereocenters. The lowest BCUT2D eigenvalue weighted by Gasteiger charge is -2.36. The number of hydrogen-bond acceptors (Lipinski definition) is 5. The van der Waals surface area contributed by atoms with Crippen molar-refractivity contribution in [1.82, 2.24) is 14.8 Å². The lowest BCUT2D eigenvalue weighted by molar-refractivity contribution is -0.391. The number of ether oxygens (including phenoxy) is 1. The third-order valence-electron chi connectivity index (χ3n) is 4.50. The molecule has 1 aliphatic rings. The number of amides is 1. The largest absolute Gasteiger partial charge is 0.496 e. The maximum absolute atomic E-state index is 13.1. The molecule has 1 saturated heterocycles. The first-order valence-corrected chi connectivity index (χ1v) is 7.99. The zero-order valence-electron chi connectivity index (χ0n) is 14.1. The number of rotatable bonds is 4. The highest BCUT2D eigenvalue weighted by molar-refractivity contribution is 5.93. The molecule has 1 atom stereocenters. The minimum absolute atomic E-state index is 0.104. The fraction of sp³-hybridized carbons (Fsp3) is 0.353. The number of aromatic nitrogens is 1. The Balaban J connectivity index is 1.96. The first kappa shape index (κ1) is 17.0. The van der Waals surface area contributed by atoms with Gasteiger partial charge in [0.1, 0.15) is 5.75 Å². The molecule has 2 heterocycles. The Bertz CT molecular complexity index is 802. The average molecular weight is 344 g/mol. The maximum atomic E-state index is 13.1. The summed E-state index contributed by atoms with van der Waals surface area (Å²) in [7, 11) is 3.13. The van der Waals surface area contributed by atoms with Crippen LogP contribution in [-0.2, 0) is 7.05 Å². The highest BCUT2D eigenvalue weighted by atomic mass is 16.6. The minimum Gasteiger partial charge on any atom is -0.496 e. The lowest BCUT2D eigenvalue weighted by Crippen LogP contribution is -2.49. The van der Waals surface area contributed by atoms with Crippen molar-refractivity contribution >= 4 is 11.7 Å². The topological polar surface area (TPSA) is 89.6 Å². The quantitative estimate of drug-likeness (QED) is 0.674. The molecule has 0 radical (unpaired) electrons. The lowest BCUT2D eigenvalue weighted by atomic mass is 10.0. The molecule has 1 fully saturated rings. The molecule has 0 spiro atoms. The second-order valence-corrected chi connectivity index (χ2v) is 5.85. The SMILES string of the molecule is COc1ccccc1C1CNCCN1C(=O)c1ccc([N+](=O)[O-])n1C. The molecule has 1 aromatic heterocycles. The summed E-state index contributed by atoms with van der Waals surface area (Å²) in [6, 6.07) is 10.2. The van der Waals surface area contributed by atoms with Crippen molar-refractivity contribution in [2.24, 2.45) is 7.05 Å². The van der Waals surface area contributed by atoms with Crippen LogP contribution in [0.5, 0.6) is 5.75 Å². The van der Waals surface area contributed by atoms with E-state index in [0.717, 1.165) is 5.56 Å². The van der Waals surface area contributed by atoms with E-state index in [1.807, 2.05) is 24.3 Å². The van der Waals surface area contributed by atoms with Gasteiger partial charge in [0.25, 0.3) is 5.91 Å². The van der Waals surface area contributed by atoms with Crippen LogP contribution in [0.4, 0.5) is 5.82 Å². The predicted octanol–water partition coefficient (Wildman–Crippen LogP) is 1.73. The van der Waals surface area contributed by atoms with E-state index < -0.39 is 4.92 Å². The Labute approximate surface area is 145 Å². The van der Waals surface area contributed by atoms with Gasteiger partial charge in [-0.2, -0.15) is 0 Å². The highest BCUT2D eigenvalue weighted by Crippen LogP contribution is 2.31. The van der Waals surface area contributed by atoms with Crippen molar-refractivity contribution in [2.75, 3.05) is 26.7 Å². The monoisotopic (exact) mass is 344 g/mol. The summed E-state index contributed by atoms with van der Waals surface area (Å²) in [6.45, 7) is 1.78. The standard InChI is InChI=1S/C17H20N4O4/c1-19-13(7-8-16(19)21(23)24)17(22)20-10-9-18-11-14(20)12-5-3-4-6-15(12)25-2/h3-8,14,18H,9-11H2,1-2H3. The normalized spacial score (nSPS) is 17.4. The van der Waals surface area contributed by atoms with E-state index >= 15 is 0 Å². The van der Waals surface area contributed by atoms with Gasteiger partial charge in [0.15, 0.2) is 5.69 Å². The highest BCUT2D eigenvalue weighted by Gasteiger charge is 2.33. The van der Waals surface area contributed by atoms with Gasteiger partial charge in [-0.1, -0.05) is 18.2 Å². The summed E-state index contributed by atoms with van der Waals surface area (Å²) in [6.07, 6.45) is 0. The van der Waals surface area contributed by atoms with Crippen molar-refractivity contribution < 1.29 is 14.5 Å². The number of nitrogens with zero attached hydrogens (tertiary/aromatic N) is 3. The number of carbonyl (C=O) groups is 1. The zero-order chi connectivity index (χ0) is 18.0. The van der Waals surface area contributed by atoms with E-state index in [9.17, 15) is 14.9 Å². The van der Waals surface area contributed by atoms with Gasteiger partial charge in [-0.25, -0.2) is 4.57 Å². The second-order valence-electron chi connectivity index (χ2n) is 5.85. The Morgan fingerprint density at radius 2 is 2.08 bits per heavy atom. The molecule has 0 bridgehead atoms. The number of carbonyl (C=O) groups excluding carboxylic acids is 1. The van der Waals surface area contributed by atoms with E-state index in [2.05, 4.69) is 5.32 Å². The second kappa shape index (κ2) is 6.94. The van der Waals surface area contributed by atoms with Crippen molar-refractivity contribution in [3.63, 3.8) is 0 Å². The minimum atomic E-state index is -0.494. The third-order valence-corrected chi connectivity index (χ3v) is 4.50. The molecule has 1 N–H and O–H groups in total. The van der Waals surface area contributed by atoms with Crippen LogP contribution in [0.2, 0.25) is 0 Å². The van der Waals surface area contributed by atoms with E-state index in [-0.39, 0.29) is 17.8 Å². The molecule has 1 amide bonds. The van der Waals surface area contributed by atoms with Crippen molar-refractivity contribution in [3.05, 3.63) is 57.8 Å². The van der Waals surface area contributed by atoms with Gasteiger partial charge in [0, 0.05) is 31.3 Å². The molecule has 8 nitrogen and oxygen atoms in total. The van der Waals surface area contributed by atoms with Gasteiger partial charge in [-0.3, -0.25) is 4.79 Å². The number of nitro groups is 1. The Morgan fingerprint density at radius 3 is 2.76 bits per heavy atom. The van der Waals surface area contributed by atoms with Crippen LogP contribution in [0.25, 0.3) is 0 Å². The molecule has 2 aromatic rings. The zero-order valence-corrected chi connectivity index (χ0v) is 14.1. The van der Waals surface area contributed by atoms with Gasteiger partial charge in [-0.15, -0.1) is 0 Å². The summed E-state index contributed by atoms with van der Waals surface area (Å²) in [4.78, 5) is 25.3. The Hall–Kier alpha value is -2.87. The summed E-state index contributed by atoms with van der Waals surface area (Å²) >= 11 is 0. The molecule has 1 aliphatic heterocycles. The smallest absolute Gasteiger partial charge is 0.323 e.